The first kappa shape index (κ1) is 20.7. The molecule has 7 nitrogen and oxygen atoms in total. The average Bonchev–Trinajstić information content (AvgIpc) is 3.22. The fourth-order valence-corrected chi connectivity index (χ4v) is 4.71. The molecule has 2 aromatic carbocycles. The highest BCUT2D eigenvalue weighted by Gasteiger charge is 2.15. The van der Waals surface area contributed by atoms with E-state index in [1.165, 1.54) is 11.9 Å². The van der Waals surface area contributed by atoms with Crippen LogP contribution in [0.3, 0.4) is 0 Å². The van der Waals surface area contributed by atoms with Crippen LogP contribution >= 0.6 is 0 Å². The highest BCUT2D eigenvalue weighted by molar-refractivity contribution is 7.90. The van der Waals surface area contributed by atoms with Crippen molar-refractivity contribution in [1.82, 2.24) is 20.1 Å². The Labute approximate surface area is 187 Å². The predicted octanol–water partition coefficient (Wildman–Crippen LogP) is 3.45. The molecule has 1 aliphatic heterocycles. The zero-order valence-electron chi connectivity index (χ0n) is 18.1. The summed E-state index contributed by atoms with van der Waals surface area (Å²) in [6.07, 6.45) is 3.05. The summed E-state index contributed by atoms with van der Waals surface area (Å²) >= 11 is 0. The normalized spacial score (nSPS) is 15.4. The maximum atomic E-state index is 11.7. The number of benzene rings is 2. The SMILES string of the molecule is CN1CCN(c2ccc(-c3cnc4n[nH]c(-c5ccc(S(C)(=O)=O)cc5)c4c3)cc2)CC1. The molecule has 3 heterocycles. The van der Waals surface area contributed by atoms with Crippen LogP contribution in [0, 0.1) is 0 Å². The van der Waals surface area contributed by atoms with E-state index in [0.29, 0.717) is 10.5 Å². The lowest BCUT2D eigenvalue weighted by molar-refractivity contribution is 0.313. The van der Waals surface area contributed by atoms with Gasteiger partial charge in [0, 0.05) is 60.8 Å². The molecule has 0 aliphatic carbocycles. The number of hydrogen-bond acceptors (Lipinski definition) is 6. The van der Waals surface area contributed by atoms with Crippen LogP contribution in [0.4, 0.5) is 5.69 Å². The highest BCUT2D eigenvalue weighted by atomic mass is 32.2. The average molecular weight is 448 g/mol. The topological polar surface area (TPSA) is 82.2 Å². The number of pyridine rings is 1. The highest BCUT2D eigenvalue weighted by Crippen LogP contribution is 2.30. The van der Waals surface area contributed by atoms with Crippen LogP contribution in [-0.4, -0.2) is 68.0 Å². The fourth-order valence-electron chi connectivity index (χ4n) is 4.08. The quantitative estimate of drug-likeness (QED) is 0.516. The van der Waals surface area contributed by atoms with Crippen LogP contribution in [0.5, 0.6) is 0 Å². The lowest BCUT2D eigenvalue weighted by atomic mass is 10.0. The molecule has 4 aromatic rings. The van der Waals surface area contributed by atoms with Crippen molar-refractivity contribution in [3.8, 4) is 22.4 Å². The van der Waals surface area contributed by atoms with E-state index in [2.05, 4.69) is 62.4 Å². The molecule has 2 aromatic heterocycles. The fraction of sp³-hybridized carbons (Fsp3) is 0.250. The zero-order valence-corrected chi connectivity index (χ0v) is 18.9. The van der Waals surface area contributed by atoms with Gasteiger partial charge in [0.2, 0.25) is 0 Å². The van der Waals surface area contributed by atoms with E-state index in [4.69, 9.17) is 0 Å². The number of likely N-dealkylation sites (N-methyl/N-ethyl adjacent to an activating group) is 1. The summed E-state index contributed by atoms with van der Waals surface area (Å²) in [6.45, 7) is 4.24. The van der Waals surface area contributed by atoms with Crippen LogP contribution < -0.4 is 4.90 Å². The molecule has 1 N–H and O–H groups in total. The van der Waals surface area contributed by atoms with Crippen molar-refractivity contribution in [1.29, 1.82) is 0 Å². The number of rotatable bonds is 4. The number of nitrogens with one attached hydrogen (secondary N) is 1. The van der Waals surface area contributed by atoms with Crippen molar-refractivity contribution in [2.24, 2.45) is 0 Å². The Kier molecular flexibility index (Phi) is 5.19. The molecule has 1 aliphatic rings. The van der Waals surface area contributed by atoms with Gasteiger partial charge in [-0.25, -0.2) is 13.4 Å². The summed E-state index contributed by atoms with van der Waals surface area (Å²) < 4.78 is 23.5. The number of anilines is 1. The molecule has 8 heteroatoms. The Hall–Kier alpha value is -3.23. The number of H-pyrrole nitrogens is 1. The van der Waals surface area contributed by atoms with Crippen molar-refractivity contribution in [3.63, 3.8) is 0 Å². The second-order valence-corrected chi connectivity index (χ2v) is 10.3. The minimum atomic E-state index is -3.23. The first-order valence-electron chi connectivity index (χ1n) is 10.6. The summed E-state index contributed by atoms with van der Waals surface area (Å²) in [4.78, 5) is 9.59. The van der Waals surface area contributed by atoms with Crippen molar-refractivity contribution >= 4 is 26.6 Å². The summed E-state index contributed by atoms with van der Waals surface area (Å²) in [5.74, 6) is 0. The second kappa shape index (κ2) is 8.03. The Morgan fingerprint density at radius 3 is 2.19 bits per heavy atom. The van der Waals surface area contributed by atoms with Gasteiger partial charge >= 0.3 is 0 Å². The number of hydrogen-bond donors (Lipinski definition) is 1. The third kappa shape index (κ3) is 3.99. The van der Waals surface area contributed by atoms with Crippen molar-refractivity contribution in [2.45, 2.75) is 4.90 Å². The van der Waals surface area contributed by atoms with E-state index in [1.54, 1.807) is 24.3 Å². The molecule has 1 fully saturated rings. The van der Waals surface area contributed by atoms with E-state index < -0.39 is 9.84 Å². The number of sulfone groups is 1. The number of aromatic nitrogens is 3. The summed E-state index contributed by atoms with van der Waals surface area (Å²) in [5.41, 5.74) is 5.67. The van der Waals surface area contributed by atoms with Gasteiger partial charge in [0.05, 0.1) is 10.6 Å². The lowest BCUT2D eigenvalue weighted by Crippen LogP contribution is -2.44. The van der Waals surface area contributed by atoms with Crippen LogP contribution in [0.25, 0.3) is 33.4 Å². The molecule has 0 spiro atoms. The smallest absolute Gasteiger partial charge is 0.181 e. The molecular weight excluding hydrogens is 422 g/mol. The van der Waals surface area contributed by atoms with Crippen molar-refractivity contribution < 1.29 is 8.42 Å². The molecule has 0 unspecified atom stereocenters. The maximum absolute atomic E-state index is 11.7. The molecule has 164 valence electrons. The van der Waals surface area contributed by atoms with Gasteiger partial charge in [-0.15, -0.1) is 0 Å². The number of fused-ring (bicyclic) bond motifs is 1. The van der Waals surface area contributed by atoms with Crippen LogP contribution in [0.15, 0.2) is 65.7 Å². The summed E-state index contributed by atoms with van der Waals surface area (Å²) in [5, 5.41) is 8.27. The van der Waals surface area contributed by atoms with E-state index in [-0.39, 0.29) is 0 Å². The van der Waals surface area contributed by atoms with Crippen molar-refractivity contribution in [3.05, 3.63) is 60.8 Å². The Bertz CT molecular complexity index is 1350. The molecule has 0 saturated carbocycles. The van der Waals surface area contributed by atoms with Gasteiger partial charge in [0.15, 0.2) is 15.5 Å². The van der Waals surface area contributed by atoms with E-state index in [0.717, 1.165) is 53.9 Å². The van der Waals surface area contributed by atoms with Gasteiger partial charge < -0.3 is 9.80 Å². The minimum Gasteiger partial charge on any atom is -0.369 e. The Morgan fingerprint density at radius 1 is 0.875 bits per heavy atom. The van der Waals surface area contributed by atoms with Crippen LogP contribution in [0.2, 0.25) is 0 Å². The van der Waals surface area contributed by atoms with Gasteiger partial charge in [-0.2, -0.15) is 5.10 Å². The minimum absolute atomic E-state index is 0.296. The summed E-state index contributed by atoms with van der Waals surface area (Å²) in [7, 11) is -1.07. The van der Waals surface area contributed by atoms with Gasteiger partial charge in [-0.3, -0.25) is 5.10 Å². The third-order valence-corrected chi connectivity index (χ3v) is 7.18. The summed E-state index contributed by atoms with van der Waals surface area (Å²) in [6, 6.07) is 17.5. The van der Waals surface area contributed by atoms with E-state index >= 15 is 0 Å². The monoisotopic (exact) mass is 447 g/mol. The van der Waals surface area contributed by atoms with E-state index in [1.807, 2.05) is 6.20 Å². The Morgan fingerprint density at radius 2 is 1.53 bits per heavy atom. The van der Waals surface area contributed by atoms with Gasteiger partial charge in [0.25, 0.3) is 0 Å². The van der Waals surface area contributed by atoms with Crippen LogP contribution in [0.1, 0.15) is 0 Å². The zero-order chi connectivity index (χ0) is 22.3. The Balaban J connectivity index is 1.45. The molecule has 5 rings (SSSR count). The third-order valence-electron chi connectivity index (χ3n) is 6.05. The molecule has 0 atom stereocenters. The molecule has 0 bridgehead atoms. The maximum Gasteiger partial charge on any atom is 0.181 e. The largest absolute Gasteiger partial charge is 0.369 e. The second-order valence-electron chi connectivity index (χ2n) is 8.33. The molecule has 0 amide bonds. The molecular formula is C24H25N5O2S. The van der Waals surface area contributed by atoms with E-state index in [9.17, 15) is 8.42 Å². The molecule has 0 radical (unpaired) electrons. The number of piperazine rings is 1. The first-order chi connectivity index (χ1) is 15.4. The van der Waals surface area contributed by atoms with Gasteiger partial charge in [-0.1, -0.05) is 24.3 Å². The van der Waals surface area contributed by atoms with Gasteiger partial charge in [0.1, 0.15) is 0 Å². The lowest BCUT2D eigenvalue weighted by Gasteiger charge is -2.34. The van der Waals surface area contributed by atoms with Gasteiger partial charge in [-0.05, 0) is 42.9 Å². The van der Waals surface area contributed by atoms with Crippen molar-refractivity contribution in [2.75, 3.05) is 44.4 Å². The first-order valence-corrected chi connectivity index (χ1v) is 12.5. The molecule has 1 saturated heterocycles. The predicted molar refractivity (Wildman–Crippen MR) is 128 cm³/mol. The number of nitrogens with zero attached hydrogens (tertiary/aromatic N) is 4. The number of aromatic amines is 1. The van der Waals surface area contributed by atoms with Crippen LogP contribution in [-0.2, 0) is 9.84 Å². The standard InChI is InChI=1S/C24H25N5O2S/c1-28-11-13-29(14-12-28)20-7-3-17(4-8-20)19-15-22-23(26-27-24(22)25-16-19)18-5-9-21(10-6-18)32(2,30)31/h3-10,15-16H,11-14H2,1-2H3,(H,25,26,27). The molecule has 32 heavy (non-hydrogen) atoms.